The molecule has 5 heterocycles. The number of pyridine rings is 1. The van der Waals surface area contributed by atoms with E-state index in [9.17, 15) is 24.6 Å². The number of nitrogens with two attached hydrogens (primary N) is 1. The van der Waals surface area contributed by atoms with E-state index in [-0.39, 0.29) is 56.3 Å². The maximum Gasteiger partial charge on any atom is 0.316 e. The molecule has 18 heteroatoms. The van der Waals surface area contributed by atoms with Crippen molar-refractivity contribution in [1.29, 1.82) is 0 Å². The Morgan fingerprint density at radius 1 is 1.05 bits per heavy atom. The lowest BCUT2D eigenvalue weighted by Gasteiger charge is -2.44. The van der Waals surface area contributed by atoms with E-state index in [0.717, 1.165) is 11.5 Å². The number of oxime groups is 1. The zero-order valence-electron chi connectivity index (χ0n) is 34.2. The zero-order valence-corrected chi connectivity index (χ0v) is 35.0. The second-order valence-electron chi connectivity index (χ2n) is 16.0. The molecule has 2 aromatic rings. The predicted molar refractivity (Wildman–Crippen MR) is 209 cm³/mol. The van der Waals surface area contributed by atoms with E-state index in [2.05, 4.69) is 19.5 Å². The largest absolute Gasteiger partial charge is 0.459 e. The van der Waals surface area contributed by atoms with Gasteiger partial charge in [0, 0.05) is 47.1 Å². The number of hydrogen-bond acceptors (Lipinski definition) is 18. The lowest BCUT2D eigenvalue weighted by atomic mass is 9.77. The number of ketones is 2. The van der Waals surface area contributed by atoms with Crippen molar-refractivity contribution in [3.05, 3.63) is 24.0 Å². The number of carbonyl (C=O) groups is 3. The van der Waals surface area contributed by atoms with Crippen LogP contribution in [0.2, 0.25) is 0 Å². The van der Waals surface area contributed by atoms with E-state index >= 15 is 0 Å². The first kappa shape index (κ1) is 44.6. The fraction of sp³-hybridized carbons (Fsp3) is 0.718. The zero-order chi connectivity index (χ0) is 41.8. The summed E-state index contributed by atoms with van der Waals surface area (Å²) in [5.74, 6) is -4.95. The number of likely N-dealkylation sites (N-methyl/N-ethyl adjacent to an activating group) is 1. The summed E-state index contributed by atoms with van der Waals surface area (Å²) in [5.41, 5.74) is 5.34. The molecule has 0 radical (unpaired) electrons. The Morgan fingerprint density at radius 2 is 1.77 bits per heavy atom. The van der Waals surface area contributed by atoms with Crippen LogP contribution in [0.5, 0.6) is 0 Å². The summed E-state index contributed by atoms with van der Waals surface area (Å²) in [4.78, 5) is 58.4. The third-order valence-corrected chi connectivity index (χ3v) is 11.9. The summed E-state index contributed by atoms with van der Waals surface area (Å²) in [7, 11) is 3.71. The van der Waals surface area contributed by atoms with E-state index in [1.165, 1.54) is 13.8 Å². The number of fused-ring (bicyclic) bond motifs is 5. The summed E-state index contributed by atoms with van der Waals surface area (Å²) >= 11 is 1.09. The summed E-state index contributed by atoms with van der Waals surface area (Å²) in [6.07, 6.45) is -4.56. The van der Waals surface area contributed by atoms with Gasteiger partial charge in [-0.25, -0.2) is 0 Å². The van der Waals surface area contributed by atoms with Crippen LogP contribution in [0.25, 0.3) is 11.4 Å². The lowest BCUT2D eigenvalue weighted by Crippen LogP contribution is -2.58. The summed E-state index contributed by atoms with van der Waals surface area (Å²) in [5, 5.41) is 28.3. The number of ether oxygens (including phenoxy) is 5. The van der Waals surface area contributed by atoms with Crippen molar-refractivity contribution in [2.24, 2.45) is 28.8 Å². The number of Topliss-reactive ketones (excluding diaryl/α,β-unsaturated/α-hetero) is 2. The molecule has 4 N–H and O–H groups in total. The minimum absolute atomic E-state index is 0.0297. The number of nitrogen functional groups attached to an aromatic ring is 1. The molecule has 316 valence electrons. The Hall–Kier alpha value is -3.49. The first-order chi connectivity index (χ1) is 26.9. The summed E-state index contributed by atoms with van der Waals surface area (Å²) < 4.78 is 35.7. The fourth-order valence-corrected chi connectivity index (χ4v) is 8.35. The second kappa shape index (κ2) is 19.1. The van der Waals surface area contributed by atoms with Gasteiger partial charge in [-0.1, -0.05) is 32.9 Å². The fourth-order valence-electron chi connectivity index (χ4n) is 7.90. The number of aromatic nitrogens is 3. The minimum Gasteiger partial charge on any atom is -0.459 e. The van der Waals surface area contributed by atoms with Crippen LogP contribution in [0.15, 0.2) is 23.5 Å². The lowest BCUT2D eigenvalue weighted by molar-refractivity contribution is -0.284. The van der Waals surface area contributed by atoms with Crippen molar-refractivity contribution >= 4 is 39.9 Å². The highest BCUT2D eigenvalue weighted by Crippen LogP contribution is 2.36. The second-order valence-corrected chi connectivity index (χ2v) is 16.8. The minimum atomic E-state index is -1.87. The number of nitrogens with zero attached hydrogens (tertiary/aromatic N) is 5. The van der Waals surface area contributed by atoms with Crippen LogP contribution in [-0.4, -0.2) is 135 Å². The number of cyclic esters (lactones) is 1. The Labute approximate surface area is 337 Å². The van der Waals surface area contributed by atoms with Gasteiger partial charge in [0.2, 0.25) is 0 Å². The van der Waals surface area contributed by atoms with Crippen molar-refractivity contribution in [1.82, 2.24) is 19.2 Å². The molecule has 3 fully saturated rings. The Kier molecular flexibility index (Phi) is 14.9. The average Bonchev–Trinajstić information content (AvgIpc) is 3.61. The molecule has 3 aliphatic heterocycles. The normalized spacial score (nSPS) is 37.0. The van der Waals surface area contributed by atoms with Crippen LogP contribution in [-0.2, 0) is 49.5 Å². The standard InChI is InChI=1S/C39H58N6O11S/c1-10-29-39(7,50)34-22(5)30(46)19(2)13-28(51-16-26(17-52-34)43-53-18-25-12-11-24(15-41-25)35-42-38(40)57-44-35)33(21(4)31(47)23(6)36(49)55-29)56-37-32(48)27(45(8)9)14-20(3)54-37/h11-12,15,19-23,27-29,32-34,37,48,50H,10,13-14,16-18H2,1-9H3,(H2,40,42,44)/b43-26-/t19-,20-,21+,22+,23-,27+,28-,29-,32-,33-,34+,37+,39-/m1/s1. The van der Waals surface area contributed by atoms with Gasteiger partial charge in [-0.05, 0) is 66.3 Å². The van der Waals surface area contributed by atoms with Gasteiger partial charge in [0.15, 0.2) is 29.6 Å². The van der Waals surface area contributed by atoms with Crippen molar-refractivity contribution in [3.8, 4) is 11.4 Å². The number of aliphatic hydroxyl groups is 2. The topological polar surface area (TPSA) is 227 Å². The number of anilines is 1. The van der Waals surface area contributed by atoms with Crippen molar-refractivity contribution in [3.63, 3.8) is 0 Å². The maximum absolute atomic E-state index is 14.3. The Bertz CT molecular complexity index is 1720. The molecule has 2 aromatic heterocycles. The van der Waals surface area contributed by atoms with E-state index in [1.54, 1.807) is 46.0 Å². The molecule has 0 aromatic carbocycles. The Balaban J connectivity index is 1.53. The highest BCUT2D eigenvalue weighted by molar-refractivity contribution is 7.09. The van der Waals surface area contributed by atoms with E-state index in [4.69, 9.17) is 34.3 Å². The first-order valence-corrected chi connectivity index (χ1v) is 20.3. The molecular formula is C39H58N6O11S. The van der Waals surface area contributed by atoms with E-state index in [1.807, 2.05) is 25.9 Å². The van der Waals surface area contributed by atoms with E-state index < -0.39 is 77.8 Å². The molecule has 5 rings (SSSR count). The molecule has 3 saturated heterocycles. The average molecular weight is 819 g/mol. The summed E-state index contributed by atoms with van der Waals surface area (Å²) in [6, 6.07) is 3.22. The smallest absolute Gasteiger partial charge is 0.316 e. The molecular weight excluding hydrogens is 761 g/mol. The monoisotopic (exact) mass is 818 g/mol. The molecule has 0 amide bonds. The molecule has 17 nitrogen and oxygen atoms in total. The van der Waals surface area contributed by atoms with E-state index in [0.29, 0.717) is 28.6 Å². The van der Waals surface area contributed by atoms with Gasteiger partial charge in [-0.3, -0.25) is 19.4 Å². The van der Waals surface area contributed by atoms with Crippen molar-refractivity contribution < 1.29 is 53.1 Å². The van der Waals surface area contributed by atoms with Crippen LogP contribution in [0.3, 0.4) is 0 Å². The SMILES string of the molecule is CC[C@H]1OC(=O)[C@H](C)C(=O)[C@H](C)[C@@H](O[C@@H]2O[C@H](C)C[C@H](N(C)C)[C@H]2O)[C@H]2C[C@@H](C)C(=O)[C@H](C)[C@H](OC/C(=N\OCc3ccc(-c4nsc(N)n4)cn3)CO2)[C@]1(C)O. The van der Waals surface area contributed by atoms with Gasteiger partial charge >= 0.3 is 5.97 Å². The molecule has 57 heavy (non-hydrogen) atoms. The number of hydrogen-bond donors (Lipinski definition) is 3. The van der Waals surface area contributed by atoms with Crippen LogP contribution in [0, 0.1) is 23.7 Å². The molecule has 0 aliphatic carbocycles. The highest BCUT2D eigenvalue weighted by Gasteiger charge is 2.50. The van der Waals surface area contributed by atoms with Gasteiger partial charge in [0.1, 0.15) is 35.2 Å². The van der Waals surface area contributed by atoms with Crippen LogP contribution >= 0.6 is 11.5 Å². The highest BCUT2D eigenvalue weighted by atomic mass is 32.1. The molecule has 0 unspecified atom stereocenters. The van der Waals surface area contributed by atoms with Crippen molar-refractivity contribution in [2.75, 3.05) is 33.0 Å². The molecule has 2 bridgehead atoms. The van der Waals surface area contributed by atoms with Gasteiger partial charge in [-0.2, -0.15) is 9.36 Å². The molecule has 3 aliphatic rings. The van der Waals surface area contributed by atoms with Crippen LogP contribution in [0.4, 0.5) is 5.13 Å². The maximum atomic E-state index is 14.3. The van der Waals surface area contributed by atoms with Crippen LogP contribution in [0.1, 0.15) is 73.4 Å². The first-order valence-electron chi connectivity index (χ1n) is 19.5. The number of esters is 1. The third kappa shape index (κ3) is 10.4. The van der Waals surface area contributed by atoms with Crippen LogP contribution < -0.4 is 5.73 Å². The molecule has 0 spiro atoms. The Morgan fingerprint density at radius 3 is 2.40 bits per heavy atom. The van der Waals surface area contributed by atoms with Gasteiger partial charge in [0.25, 0.3) is 0 Å². The number of carbonyl (C=O) groups excluding carboxylic acids is 3. The van der Waals surface area contributed by atoms with Gasteiger partial charge < -0.3 is 49.4 Å². The summed E-state index contributed by atoms with van der Waals surface area (Å²) in [6.45, 7) is 11.1. The van der Waals surface area contributed by atoms with Crippen molar-refractivity contribution in [2.45, 2.75) is 129 Å². The van der Waals surface area contributed by atoms with Gasteiger partial charge in [-0.15, -0.1) is 0 Å². The molecule has 0 saturated carbocycles. The van der Waals surface area contributed by atoms with Gasteiger partial charge in [0.05, 0.1) is 43.3 Å². The number of rotatable bonds is 8. The molecule has 13 atom stereocenters. The number of aliphatic hydroxyl groups excluding tert-OH is 1. The third-order valence-electron chi connectivity index (χ3n) is 11.3. The predicted octanol–water partition coefficient (Wildman–Crippen LogP) is 2.81. The quantitative estimate of drug-likeness (QED) is 0.198.